The van der Waals surface area contributed by atoms with Gasteiger partial charge in [0, 0.05) is 12.3 Å². The first-order chi connectivity index (χ1) is 11.2. The summed E-state index contributed by atoms with van der Waals surface area (Å²) in [5.41, 5.74) is -0.211. The van der Waals surface area contributed by atoms with E-state index in [-0.39, 0.29) is 29.2 Å². The molecule has 0 aliphatic heterocycles. The van der Waals surface area contributed by atoms with Crippen molar-refractivity contribution in [3.8, 4) is 11.5 Å². The molecular weight excluding hydrogens is 312 g/mol. The van der Waals surface area contributed by atoms with Crippen molar-refractivity contribution in [2.75, 3.05) is 7.11 Å². The van der Waals surface area contributed by atoms with E-state index in [4.69, 9.17) is 9.47 Å². The number of carbonyl (C=O) groups excluding carboxylic acids is 2. The molecule has 24 heavy (non-hydrogen) atoms. The average molecular weight is 338 g/mol. The highest BCUT2D eigenvalue weighted by Gasteiger charge is 2.25. The first-order valence-corrected chi connectivity index (χ1v) is 7.92. The summed E-state index contributed by atoms with van der Waals surface area (Å²) in [7, 11) is 1.37. The fraction of sp³-hybridized carbons (Fsp3) is 0.588. The molecule has 1 rings (SSSR count). The lowest BCUT2D eigenvalue weighted by molar-refractivity contribution is -0.153. The standard InChI is InChI=1S/C17H26N2O5/c1-9(2)10(3)12(5)24-17(22)11(4)19-16(21)14-15(20)13(23-6)7-8-18-14/h7-12,20H,1-6H3,(H,19,21)/t10-,11+,12+/m1/s1. The van der Waals surface area contributed by atoms with E-state index in [1.165, 1.54) is 26.3 Å². The Morgan fingerprint density at radius 3 is 2.38 bits per heavy atom. The van der Waals surface area contributed by atoms with Gasteiger partial charge in [-0.1, -0.05) is 20.8 Å². The number of nitrogens with one attached hydrogen (secondary N) is 1. The van der Waals surface area contributed by atoms with Crippen molar-refractivity contribution < 1.29 is 24.2 Å². The number of rotatable bonds is 7. The number of pyridine rings is 1. The van der Waals surface area contributed by atoms with Crippen LogP contribution in [0, 0.1) is 11.8 Å². The molecule has 7 nitrogen and oxygen atoms in total. The van der Waals surface area contributed by atoms with Crippen LogP contribution in [0.15, 0.2) is 12.3 Å². The van der Waals surface area contributed by atoms with Crippen LogP contribution in [0.4, 0.5) is 0 Å². The SMILES string of the molecule is COc1ccnc(C(=O)N[C@@H](C)C(=O)O[C@@H](C)[C@H](C)C(C)C)c1O. The van der Waals surface area contributed by atoms with Gasteiger partial charge in [0.15, 0.2) is 17.2 Å². The summed E-state index contributed by atoms with van der Waals surface area (Å²) in [5, 5.41) is 12.4. The molecule has 0 fully saturated rings. The number of nitrogens with zero attached hydrogens (tertiary/aromatic N) is 1. The summed E-state index contributed by atoms with van der Waals surface area (Å²) < 4.78 is 10.3. The summed E-state index contributed by atoms with van der Waals surface area (Å²) in [6.45, 7) is 9.45. The Balaban J connectivity index is 2.72. The van der Waals surface area contributed by atoms with Crippen LogP contribution in [0.2, 0.25) is 0 Å². The Morgan fingerprint density at radius 1 is 1.21 bits per heavy atom. The van der Waals surface area contributed by atoms with Gasteiger partial charge in [0.2, 0.25) is 0 Å². The zero-order valence-corrected chi connectivity index (χ0v) is 15.0. The minimum absolute atomic E-state index is 0.129. The van der Waals surface area contributed by atoms with Gasteiger partial charge in [-0.25, -0.2) is 9.78 Å². The maximum atomic E-state index is 12.2. The van der Waals surface area contributed by atoms with Crippen LogP contribution < -0.4 is 10.1 Å². The van der Waals surface area contributed by atoms with Crippen molar-refractivity contribution in [1.29, 1.82) is 0 Å². The van der Waals surface area contributed by atoms with Gasteiger partial charge in [-0.15, -0.1) is 0 Å². The minimum atomic E-state index is -0.869. The van der Waals surface area contributed by atoms with Crippen molar-refractivity contribution in [2.45, 2.75) is 46.8 Å². The second kappa shape index (κ2) is 8.52. The molecule has 0 radical (unpaired) electrons. The fourth-order valence-corrected chi connectivity index (χ4v) is 2.03. The molecule has 0 aliphatic carbocycles. The normalized spacial score (nSPS) is 14.6. The number of methoxy groups -OCH3 is 1. The van der Waals surface area contributed by atoms with Crippen LogP contribution >= 0.6 is 0 Å². The van der Waals surface area contributed by atoms with Crippen LogP contribution in [0.25, 0.3) is 0 Å². The van der Waals surface area contributed by atoms with E-state index >= 15 is 0 Å². The molecular formula is C17H26N2O5. The van der Waals surface area contributed by atoms with Gasteiger partial charge in [0.1, 0.15) is 12.1 Å². The summed E-state index contributed by atoms with van der Waals surface area (Å²) in [5.74, 6) is -0.896. The van der Waals surface area contributed by atoms with Crippen LogP contribution in [0.5, 0.6) is 11.5 Å². The lowest BCUT2D eigenvalue weighted by Gasteiger charge is -2.25. The quantitative estimate of drug-likeness (QED) is 0.739. The van der Waals surface area contributed by atoms with Crippen molar-refractivity contribution in [3.05, 3.63) is 18.0 Å². The van der Waals surface area contributed by atoms with Crippen LogP contribution in [-0.2, 0) is 9.53 Å². The molecule has 134 valence electrons. The van der Waals surface area contributed by atoms with Crippen molar-refractivity contribution >= 4 is 11.9 Å². The number of hydrogen-bond acceptors (Lipinski definition) is 6. The average Bonchev–Trinajstić information content (AvgIpc) is 2.53. The lowest BCUT2D eigenvalue weighted by Crippen LogP contribution is -2.42. The fourth-order valence-electron chi connectivity index (χ4n) is 2.03. The topological polar surface area (TPSA) is 97.8 Å². The Hall–Kier alpha value is -2.31. The molecule has 0 aliphatic rings. The van der Waals surface area contributed by atoms with Gasteiger partial charge >= 0.3 is 5.97 Å². The Morgan fingerprint density at radius 2 is 1.83 bits per heavy atom. The zero-order chi connectivity index (χ0) is 18.4. The second-order valence-corrected chi connectivity index (χ2v) is 6.15. The van der Waals surface area contributed by atoms with Crippen molar-refractivity contribution in [2.24, 2.45) is 11.8 Å². The van der Waals surface area contributed by atoms with Gasteiger partial charge in [-0.05, 0) is 25.7 Å². The van der Waals surface area contributed by atoms with E-state index in [1.54, 1.807) is 0 Å². The number of aromatic hydroxyl groups is 1. The largest absolute Gasteiger partial charge is 0.503 e. The number of hydrogen-bond donors (Lipinski definition) is 2. The van der Waals surface area contributed by atoms with Crippen molar-refractivity contribution in [1.82, 2.24) is 10.3 Å². The number of carbonyl (C=O) groups is 2. The maximum Gasteiger partial charge on any atom is 0.328 e. The molecule has 0 unspecified atom stereocenters. The molecule has 0 saturated heterocycles. The lowest BCUT2D eigenvalue weighted by atomic mass is 9.93. The third-order valence-corrected chi connectivity index (χ3v) is 4.12. The monoisotopic (exact) mass is 338 g/mol. The number of amides is 1. The van der Waals surface area contributed by atoms with Gasteiger partial charge in [-0.2, -0.15) is 0 Å². The minimum Gasteiger partial charge on any atom is -0.503 e. The third kappa shape index (κ3) is 4.84. The molecule has 1 aromatic rings. The summed E-state index contributed by atoms with van der Waals surface area (Å²) >= 11 is 0. The first kappa shape index (κ1) is 19.7. The Bertz CT molecular complexity index is 588. The summed E-state index contributed by atoms with van der Waals surface area (Å²) in [6.07, 6.45) is 1.07. The Labute approximate surface area is 142 Å². The highest BCUT2D eigenvalue weighted by Crippen LogP contribution is 2.27. The number of aromatic nitrogens is 1. The smallest absolute Gasteiger partial charge is 0.328 e. The van der Waals surface area contributed by atoms with E-state index in [0.29, 0.717) is 5.92 Å². The van der Waals surface area contributed by atoms with E-state index in [1.807, 2.05) is 13.8 Å². The predicted octanol–water partition coefficient (Wildman–Crippen LogP) is 2.14. The summed E-state index contributed by atoms with van der Waals surface area (Å²) in [6, 6.07) is 0.561. The molecule has 1 amide bonds. The molecule has 2 N–H and O–H groups in total. The van der Waals surface area contributed by atoms with Crippen LogP contribution in [-0.4, -0.2) is 41.2 Å². The number of esters is 1. The van der Waals surface area contributed by atoms with Crippen molar-refractivity contribution in [3.63, 3.8) is 0 Å². The second-order valence-electron chi connectivity index (χ2n) is 6.15. The van der Waals surface area contributed by atoms with E-state index in [0.717, 1.165) is 0 Å². The van der Waals surface area contributed by atoms with Crippen LogP contribution in [0.1, 0.15) is 45.1 Å². The Kier molecular flexibility index (Phi) is 7.00. The molecule has 1 heterocycles. The summed E-state index contributed by atoms with van der Waals surface area (Å²) in [4.78, 5) is 28.1. The highest BCUT2D eigenvalue weighted by atomic mass is 16.5. The van der Waals surface area contributed by atoms with Crippen LogP contribution in [0.3, 0.4) is 0 Å². The van der Waals surface area contributed by atoms with Gasteiger partial charge in [-0.3, -0.25) is 4.79 Å². The number of ether oxygens (including phenoxy) is 2. The molecule has 3 atom stereocenters. The molecule has 0 bridgehead atoms. The highest BCUT2D eigenvalue weighted by molar-refractivity contribution is 5.97. The maximum absolute atomic E-state index is 12.2. The molecule has 0 aromatic carbocycles. The molecule has 0 spiro atoms. The molecule has 0 saturated carbocycles. The molecule has 7 heteroatoms. The van der Waals surface area contributed by atoms with Gasteiger partial charge in [0.25, 0.3) is 5.91 Å². The third-order valence-electron chi connectivity index (χ3n) is 4.12. The first-order valence-electron chi connectivity index (χ1n) is 7.92. The van der Waals surface area contributed by atoms with Gasteiger partial charge < -0.3 is 19.9 Å². The predicted molar refractivity (Wildman–Crippen MR) is 88.9 cm³/mol. The zero-order valence-electron chi connectivity index (χ0n) is 15.0. The van der Waals surface area contributed by atoms with E-state index < -0.39 is 17.9 Å². The molecule has 1 aromatic heterocycles. The van der Waals surface area contributed by atoms with E-state index in [2.05, 4.69) is 24.1 Å². The van der Waals surface area contributed by atoms with E-state index in [9.17, 15) is 14.7 Å². The van der Waals surface area contributed by atoms with Gasteiger partial charge in [0.05, 0.1) is 7.11 Å².